The maximum Gasteiger partial charge on any atom is 0.0793 e. The van der Waals surface area contributed by atoms with Crippen LogP contribution in [0.3, 0.4) is 0 Å². The molecule has 2 aliphatic rings. The van der Waals surface area contributed by atoms with E-state index in [0.717, 1.165) is 26.2 Å². The highest BCUT2D eigenvalue weighted by atomic mass is 16.5. The highest BCUT2D eigenvalue weighted by Crippen LogP contribution is 2.16. The minimum absolute atomic E-state index is 0.0728. The van der Waals surface area contributed by atoms with Crippen LogP contribution in [0.2, 0.25) is 0 Å². The van der Waals surface area contributed by atoms with E-state index in [1.165, 1.54) is 12.8 Å². The molecule has 3 nitrogen and oxygen atoms in total. The van der Waals surface area contributed by atoms with E-state index in [1.807, 2.05) is 0 Å². The Morgan fingerprint density at radius 2 is 2.27 bits per heavy atom. The zero-order valence-electron chi connectivity index (χ0n) is 6.70. The minimum Gasteiger partial charge on any atom is -0.390 e. The standard InChI is InChI=1S/C8H15NO2/c10-7-4-9(5-7)6-8-2-1-3-11-8/h7-8,10H,1-6H2. The van der Waals surface area contributed by atoms with Crippen molar-refractivity contribution in [1.29, 1.82) is 0 Å². The number of aliphatic hydroxyl groups excluding tert-OH is 1. The average molecular weight is 157 g/mol. The second-order valence-corrected chi connectivity index (χ2v) is 3.51. The molecule has 0 saturated carbocycles. The van der Waals surface area contributed by atoms with E-state index < -0.39 is 0 Å². The first kappa shape index (κ1) is 7.53. The normalized spacial score (nSPS) is 34.1. The van der Waals surface area contributed by atoms with Gasteiger partial charge in [-0.1, -0.05) is 0 Å². The average Bonchev–Trinajstić information content (AvgIpc) is 2.36. The first-order valence-electron chi connectivity index (χ1n) is 4.36. The first-order chi connectivity index (χ1) is 5.34. The van der Waals surface area contributed by atoms with Crippen molar-refractivity contribution in [2.24, 2.45) is 0 Å². The summed E-state index contributed by atoms with van der Waals surface area (Å²) in [6.07, 6.45) is 2.78. The third-order valence-corrected chi connectivity index (χ3v) is 2.42. The number of rotatable bonds is 2. The lowest BCUT2D eigenvalue weighted by molar-refractivity contribution is -0.0270. The Bertz CT molecular complexity index is 128. The van der Waals surface area contributed by atoms with Crippen molar-refractivity contribution >= 4 is 0 Å². The van der Waals surface area contributed by atoms with Crippen LogP contribution in [0, 0.1) is 0 Å². The van der Waals surface area contributed by atoms with E-state index in [0.29, 0.717) is 6.10 Å². The van der Waals surface area contributed by atoms with Crippen molar-refractivity contribution in [2.45, 2.75) is 25.0 Å². The van der Waals surface area contributed by atoms with Gasteiger partial charge < -0.3 is 9.84 Å². The number of ether oxygens (including phenoxy) is 1. The van der Waals surface area contributed by atoms with Gasteiger partial charge in [0, 0.05) is 26.2 Å². The fourth-order valence-electron chi connectivity index (χ4n) is 1.77. The molecule has 2 rings (SSSR count). The van der Waals surface area contributed by atoms with Crippen molar-refractivity contribution < 1.29 is 9.84 Å². The van der Waals surface area contributed by atoms with Gasteiger partial charge in [0.05, 0.1) is 12.2 Å². The summed E-state index contributed by atoms with van der Waals surface area (Å²) in [5.74, 6) is 0. The molecule has 2 saturated heterocycles. The van der Waals surface area contributed by atoms with Crippen molar-refractivity contribution in [1.82, 2.24) is 4.90 Å². The summed E-state index contributed by atoms with van der Waals surface area (Å²) in [5.41, 5.74) is 0. The molecular formula is C8H15NO2. The van der Waals surface area contributed by atoms with E-state index in [4.69, 9.17) is 9.84 Å². The Kier molecular flexibility index (Phi) is 2.11. The van der Waals surface area contributed by atoms with Gasteiger partial charge in [-0.05, 0) is 12.8 Å². The van der Waals surface area contributed by atoms with Gasteiger partial charge in [-0.2, -0.15) is 0 Å². The van der Waals surface area contributed by atoms with E-state index >= 15 is 0 Å². The van der Waals surface area contributed by atoms with Gasteiger partial charge in [0.1, 0.15) is 0 Å². The van der Waals surface area contributed by atoms with Crippen LogP contribution in [0.25, 0.3) is 0 Å². The van der Waals surface area contributed by atoms with Crippen molar-refractivity contribution in [3.63, 3.8) is 0 Å². The van der Waals surface area contributed by atoms with Crippen molar-refractivity contribution in [2.75, 3.05) is 26.2 Å². The summed E-state index contributed by atoms with van der Waals surface area (Å²) in [6, 6.07) is 0. The molecule has 0 spiro atoms. The maximum atomic E-state index is 9.01. The minimum atomic E-state index is -0.0728. The molecule has 2 fully saturated rings. The van der Waals surface area contributed by atoms with Crippen LogP contribution >= 0.6 is 0 Å². The monoisotopic (exact) mass is 157 g/mol. The molecule has 0 aromatic carbocycles. The molecular weight excluding hydrogens is 142 g/mol. The third-order valence-electron chi connectivity index (χ3n) is 2.42. The molecule has 0 amide bonds. The molecule has 2 heterocycles. The molecule has 0 aromatic rings. The van der Waals surface area contributed by atoms with Gasteiger partial charge in [0.2, 0.25) is 0 Å². The number of aliphatic hydroxyl groups is 1. The molecule has 0 aromatic heterocycles. The Hall–Kier alpha value is -0.120. The Morgan fingerprint density at radius 3 is 2.82 bits per heavy atom. The molecule has 0 bridgehead atoms. The van der Waals surface area contributed by atoms with Gasteiger partial charge >= 0.3 is 0 Å². The van der Waals surface area contributed by atoms with Gasteiger partial charge in [-0.25, -0.2) is 0 Å². The van der Waals surface area contributed by atoms with E-state index in [2.05, 4.69) is 4.90 Å². The van der Waals surface area contributed by atoms with Gasteiger partial charge in [0.25, 0.3) is 0 Å². The fourth-order valence-corrected chi connectivity index (χ4v) is 1.77. The predicted molar refractivity (Wildman–Crippen MR) is 41.4 cm³/mol. The molecule has 1 N–H and O–H groups in total. The van der Waals surface area contributed by atoms with E-state index in [9.17, 15) is 0 Å². The van der Waals surface area contributed by atoms with E-state index in [-0.39, 0.29) is 6.10 Å². The smallest absolute Gasteiger partial charge is 0.0793 e. The third kappa shape index (κ3) is 1.72. The number of likely N-dealkylation sites (tertiary alicyclic amines) is 1. The summed E-state index contributed by atoms with van der Waals surface area (Å²) in [7, 11) is 0. The number of nitrogens with zero attached hydrogens (tertiary/aromatic N) is 1. The SMILES string of the molecule is OC1CN(CC2CCCO2)C1. The number of hydrogen-bond donors (Lipinski definition) is 1. The molecule has 3 heteroatoms. The lowest BCUT2D eigenvalue weighted by atomic mass is 10.1. The highest BCUT2D eigenvalue weighted by Gasteiger charge is 2.27. The predicted octanol–water partition coefficient (Wildman–Crippen LogP) is -0.158. The van der Waals surface area contributed by atoms with Crippen LogP contribution in [0.5, 0.6) is 0 Å². The Morgan fingerprint density at radius 1 is 1.45 bits per heavy atom. The Balaban J connectivity index is 1.66. The second-order valence-electron chi connectivity index (χ2n) is 3.51. The summed E-state index contributed by atoms with van der Waals surface area (Å²) >= 11 is 0. The topological polar surface area (TPSA) is 32.7 Å². The van der Waals surface area contributed by atoms with Crippen molar-refractivity contribution in [3.8, 4) is 0 Å². The largest absolute Gasteiger partial charge is 0.390 e. The lowest BCUT2D eigenvalue weighted by Gasteiger charge is -2.37. The van der Waals surface area contributed by atoms with Gasteiger partial charge in [0.15, 0.2) is 0 Å². The molecule has 64 valence electrons. The highest BCUT2D eigenvalue weighted by molar-refractivity contribution is 4.81. The van der Waals surface area contributed by atoms with Crippen LogP contribution < -0.4 is 0 Å². The molecule has 11 heavy (non-hydrogen) atoms. The van der Waals surface area contributed by atoms with Crippen molar-refractivity contribution in [3.05, 3.63) is 0 Å². The summed E-state index contributed by atoms with van der Waals surface area (Å²) in [5, 5.41) is 9.01. The molecule has 2 aliphatic heterocycles. The summed E-state index contributed by atoms with van der Waals surface area (Å²) in [4.78, 5) is 2.25. The molecule has 1 unspecified atom stereocenters. The van der Waals surface area contributed by atoms with Crippen LogP contribution in [-0.4, -0.2) is 48.5 Å². The molecule has 0 radical (unpaired) electrons. The summed E-state index contributed by atoms with van der Waals surface area (Å²) < 4.78 is 5.47. The molecule has 1 atom stereocenters. The maximum absolute atomic E-state index is 9.01. The quantitative estimate of drug-likeness (QED) is 0.604. The van der Waals surface area contributed by atoms with Crippen LogP contribution in [0.4, 0.5) is 0 Å². The fraction of sp³-hybridized carbons (Fsp3) is 1.00. The second kappa shape index (κ2) is 3.09. The zero-order valence-corrected chi connectivity index (χ0v) is 6.70. The summed E-state index contributed by atoms with van der Waals surface area (Å²) in [6.45, 7) is 3.65. The molecule has 0 aliphatic carbocycles. The zero-order chi connectivity index (χ0) is 7.68. The first-order valence-corrected chi connectivity index (χ1v) is 4.36. The van der Waals surface area contributed by atoms with Crippen LogP contribution in [-0.2, 0) is 4.74 Å². The van der Waals surface area contributed by atoms with Gasteiger partial charge in [-0.15, -0.1) is 0 Å². The van der Waals surface area contributed by atoms with Gasteiger partial charge in [-0.3, -0.25) is 4.90 Å². The van der Waals surface area contributed by atoms with E-state index in [1.54, 1.807) is 0 Å². The van der Waals surface area contributed by atoms with Crippen LogP contribution in [0.15, 0.2) is 0 Å². The number of hydrogen-bond acceptors (Lipinski definition) is 3. The lowest BCUT2D eigenvalue weighted by Crippen LogP contribution is -2.52. The number of β-amino-alcohol motifs (C(OH)–C–C–N with tert-alkyl or cyclic N) is 1. The van der Waals surface area contributed by atoms with Crippen LogP contribution in [0.1, 0.15) is 12.8 Å². The Labute approximate surface area is 66.9 Å².